The maximum atomic E-state index is 12.4. The summed E-state index contributed by atoms with van der Waals surface area (Å²) in [7, 11) is 0. The summed E-state index contributed by atoms with van der Waals surface area (Å²) in [6.07, 6.45) is 2.02. The first-order valence-corrected chi connectivity index (χ1v) is 9.73. The number of carbonyl (C=O) groups is 2. The van der Waals surface area contributed by atoms with Gasteiger partial charge in [0.25, 0.3) is 11.6 Å². The Hall–Kier alpha value is -2.68. The number of amides is 2. The van der Waals surface area contributed by atoms with E-state index in [0.29, 0.717) is 49.9 Å². The van der Waals surface area contributed by atoms with Crippen LogP contribution >= 0.6 is 0 Å². The molecule has 0 bridgehead atoms. The molecule has 1 aromatic rings. The first-order chi connectivity index (χ1) is 13.5. The number of nitro benzene ring substituents is 1. The molecular formula is C19H27N5O4. The largest absolute Gasteiger partial charge is 0.362 e. The van der Waals surface area contributed by atoms with Crippen molar-refractivity contribution in [3.63, 3.8) is 0 Å². The van der Waals surface area contributed by atoms with E-state index in [0.717, 1.165) is 25.9 Å². The van der Waals surface area contributed by atoms with E-state index in [-0.39, 0.29) is 17.5 Å². The normalized spacial score (nSPS) is 19.5. The van der Waals surface area contributed by atoms with Crippen molar-refractivity contribution in [2.75, 3.05) is 50.7 Å². The summed E-state index contributed by atoms with van der Waals surface area (Å²) in [6, 6.07) is 4.61. The van der Waals surface area contributed by atoms with Crippen molar-refractivity contribution < 1.29 is 14.5 Å². The lowest BCUT2D eigenvalue weighted by atomic mass is 10.1. The highest BCUT2D eigenvalue weighted by molar-refractivity contribution is 5.95. The molecule has 1 atom stereocenters. The van der Waals surface area contributed by atoms with Crippen LogP contribution < -0.4 is 15.5 Å². The van der Waals surface area contributed by atoms with Crippen molar-refractivity contribution in [3.8, 4) is 0 Å². The maximum absolute atomic E-state index is 12.4. The highest BCUT2D eigenvalue weighted by Gasteiger charge is 2.26. The standard InChI is InChI=1S/C19H27N5O4/c1-14(25)22-8-10-23(11-9-22)17-3-2-16(12-18(17)24(27)28)19(26)21-7-5-15-4-6-20-13-15/h2-3,12,15,20H,4-11,13H2,1H3,(H,21,26). The average Bonchev–Trinajstić information content (AvgIpc) is 3.21. The molecule has 9 heteroatoms. The fourth-order valence-electron chi connectivity index (χ4n) is 3.79. The molecule has 2 fully saturated rings. The van der Waals surface area contributed by atoms with Gasteiger partial charge in [-0.05, 0) is 44.0 Å². The lowest BCUT2D eigenvalue weighted by molar-refractivity contribution is -0.384. The van der Waals surface area contributed by atoms with E-state index >= 15 is 0 Å². The van der Waals surface area contributed by atoms with Crippen LogP contribution in [0, 0.1) is 16.0 Å². The lowest BCUT2D eigenvalue weighted by Gasteiger charge is -2.35. The van der Waals surface area contributed by atoms with Crippen molar-refractivity contribution in [3.05, 3.63) is 33.9 Å². The van der Waals surface area contributed by atoms with E-state index in [9.17, 15) is 19.7 Å². The van der Waals surface area contributed by atoms with Crippen molar-refractivity contribution in [2.24, 2.45) is 5.92 Å². The van der Waals surface area contributed by atoms with Gasteiger partial charge in [-0.2, -0.15) is 0 Å². The number of nitrogens with one attached hydrogen (secondary N) is 2. The number of hydrogen-bond donors (Lipinski definition) is 2. The number of benzene rings is 1. The van der Waals surface area contributed by atoms with Gasteiger partial charge in [-0.1, -0.05) is 0 Å². The molecule has 0 saturated carbocycles. The van der Waals surface area contributed by atoms with Gasteiger partial charge in [0.1, 0.15) is 5.69 Å². The molecule has 2 heterocycles. The summed E-state index contributed by atoms with van der Waals surface area (Å²) in [4.78, 5) is 38.6. The first-order valence-electron chi connectivity index (χ1n) is 9.73. The highest BCUT2D eigenvalue weighted by Crippen LogP contribution is 2.30. The summed E-state index contributed by atoms with van der Waals surface area (Å²) in [6.45, 7) is 6.21. The molecule has 3 rings (SSSR count). The Kier molecular flexibility index (Phi) is 6.45. The Morgan fingerprint density at radius 1 is 1.29 bits per heavy atom. The Balaban J connectivity index is 1.64. The first kappa shape index (κ1) is 20.1. The van der Waals surface area contributed by atoms with Gasteiger partial charge in [0, 0.05) is 51.3 Å². The fourth-order valence-corrected chi connectivity index (χ4v) is 3.79. The molecule has 9 nitrogen and oxygen atoms in total. The van der Waals surface area contributed by atoms with E-state index < -0.39 is 4.92 Å². The number of nitro groups is 1. The van der Waals surface area contributed by atoms with Gasteiger partial charge in [0.15, 0.2) is 0 Å². The second kappa shape index (κ2) is 9.01. The monoisotopic (exact) mass is 389 g/mol. The third-order valence-corrected chi connectivity index (χ3v) is 5.50. The molecule has 2 amide bonds. The number of anilines is 1. The molecule has 1 unspecified atom stereocenters. The summed E-state index contributed by atoms with van der Waals surface area (Å²) >= 11 is 0. The smallest absolute Gasteiger partial charge is 0.293 e. The zero-order valence-electron chi connectivity index (χ0n) is 16.1. The maximum Gasteiger partial charge on any atom is 0.293 e. The Morgan fingerprint density at radius 3 is 2.64 bits per heavy atom. The van der Waals surface area contributed by atoms with Gasteiger partial charge in [-0.25, -0.2) is 0 Å². The predicted octanol–water partition coefficient (Wildman–Crippen LogP) is 0.993. The van der Waals surface area contributed by atoms with E-state index in [1.807, 2.05) is 4.90 Å². The summed E-state index contributed by atoms with van der Waals surface area (Å²) in [5.74, 6) is 0.294. The van der Waals surface area contributed by atoms with Crippen molar-refractivity contribution >= 4 is 23.2 Å². The second-order valence-corrected chi connectivity index (χ2v) is 7.36. The molecule has 152 valence electrons. The zero-order valence-corrected chi connectivity index (χ0v) is 16.1. The van der Waals surface area contributed by atoms with E-state index in [2.05, 4.69) is 10.6 Å². The molecule has 1 aromatic carbocycles. The van der Waals surface area contributed by atoms with Gasteiger partial charge in [0.05, 0.1) is 4.92 Å². The SMILES string of the molecule is CC(=O)N1CCN(c2ccc(C(=O)NCCC3CCNC3)cc2[N+](=O)[O-])CC1. The Morgan fingerprint density at radius 2 is 2.04 bits per heavy atom. The molecule has 2 aliphatic rings. The summed E-state index contributed by atoms with van der Waals surface area (Å²) in [5, 5.41) is 17.7. The third kappa shape index (κ3) is 4.78. The van der Waals surface area contributed by atoms with E-state index in [1.54, 1.807) is 17.0 Å². The van der Waals surface area contributed by atoms with Crippen molar-refractivity contribution in [2.45, 2.75) is 19.8 Å². The van der Waals surface area contributed by atoms with Crippen molar-refractivity contribution in [1.29, 1.82) is 0 Å². The van der Waals surface area contributed by atoms with Gasteiger partial charge in [-0.15, -0.1) is 0 Å². The van der Waals surface area contributed by atoms with Crippen LogP contribution in [0.4, 0.5) is 11.4 Å². The van der Waals surface area contributed by atoms with Crippen LogP contribution in [0.3, 0.4) is 0 Å². The summed E-state index contributed by atoms with van der Waals surface area (Å²) < 4.78 is 0. The molecule has 0 aromatic heterocycles. The van der Waals surface area contributed by atoms with Gasteiger partial charge in [-0.3, -0.25) is 19.7 Å². The van der Waals surface area contributed by atoms with Crippen LogP contribution in [0.2, 0.25) is 0 Å². The quantitative estimate of drug-likeness (QED) is 0.555. The van der Waals surface area contributed by atoms with Gasteiger partial charge < -0.3 is 20.4 Å². The number of hydrogen-bond acceptors (Lipinski definition) is 6. The molecule has 28 heavy (non-hydrogen) atoms. The Labute approximate surface area is 164 Å². The van der Waals surface area contributed by atoms with E-state index in [1.165, 1.54) is 13.0 Å². The zero-order chi connectivity index (χ0) is 20.1. The fraction of sp³-hybridized carbons (Fsp3) is 0.579. The second-order valence-electron chi connectivity index (χ2n) is 7.36. The molecule has 2 N–H and O–H groups in total. The lowest BCUT2D eigenvalue weighted by Crippen LogP contribution is -2.48. The Bertz CT molecular complexity index is 740. The molecular weight excluding hydrogens is 362 g/mol. The van der Waals surface area contributed by atoms with Gasteiger partial charge >= 0.3 is 0 Å². The van der Waals surface area contributed by atoms with E-state index in [4.69, 9.17) is 0 Å². The molecule has 2 aliphatic heterocycles. The molecule has 0 aliphatic carbocycles. The van der Waals surface area contributed by atoms with Crippen LogP contribution in [0.15, 0.2) is 18.2 Å². The molecule has 2 saturated heterocycles. The highest BCUT2D eigenvalue weighted by atomic mass is 16.6. The minimum atomic E-state index is -0.451. The van der Waals surface area contributed by atoms with Crippen molar-refractivity contribution in [1.82, 2.24) is 15.5 Å². The van der Waals surface area contributed by atoms with Crippen LogP contribution in [0.25, 0.3) is 0 Å². The topological polar surface area (TPSA) is 108 Å². The predicted molar refractivity (Wildman–Crippen MR) is 105 cm³/mol. The van der Waals surface area contributed by atoms with Crippen LogP contribution in [-0.2, 0) is 4.79 Å². The number of carbonyl (C=O) groups excluding carboxylic acids is 2. The number of rotatable bonds is 6. The third-order valence-electron chi connectivity index (χ3n) is 5.50. The minimum Gasteiger partial charge on any atom is -0.362 e. The molecule has 0 spiro atoms. The number of nitrogens with zero attached hydrogens (tertiary/aromatic N) is 3. The number of piperazine rings is 1. The van der Waals surface area contributed by atoms with Crippen LogP contribution in [0.5, 0.6) is 0 Å². The average molecular weight is 389 g/mol. The minimum absolute atomic E-state index is 0.00885. The van der Waals surface area contributed by atoms with Crippen LogP contribution in [-0.4, -0.2) is 67.5 Å². The molecule has 0 radical (unpaired) electrons. The summed E-state index contributed by atoms with van der Waals surface area (Å²) in [5.41, 5.74) is 0.702. The van der Waals surface area contributed by atoms with Crippen LogP contribution in [0.1, 0.15) is 30.1 Å². The van der Waals surface area contributed by atoms with Gasteiger partial charge in [0.2, 0.25) is 5.91 Å².